The molecule has 1 fully saturated rings. The molecule has 0 unspecified atom stereocenters. The Labute approximate surface area is 155 Å². The first kappa shape index (κ1) is 17.4. The van der Waals surface area contributed by atoms with Gasteiger partial charge in [-0.1, -0.05) is 12.1 Å². The van der Waals surface area contributed by atoms with Gasteiger partial charge in [-0.15, -0.1) is 0 Å². The van der Waals surface area contributed by atoms with E-state index in [4.69, 9.17) is 0 Å². The summed E-state index contributed by atoms with van der Waals surface area (Å²) in [5.41, 5.74) is 3.78. The number of nitrogens with zero attached hydrogens (tertiary/aromatic N) is 3. The average Bonchev–Trinajstić information content (AvgIpc) is 3.32. The summed E-state index contributed by atoms with van der Waals surface area (Å²) in [4.78, 5) is 13.5. The number of aromatic carboxylic acids is 1. The number of likely N-dealkylation sites (tertiary alicyclic amines) is 1. The van der Waals surface area contributed by atoms with Crippen molar-refractivity contribution in [3.8, 4) is 11.1 Å². The first-order chi connectivity index (χ1) is 13.1. The van der Waals surface area contributed by atoms with E-state index >= 15 is 0 Å². The number of carboxylic acids is 1. The molecule has 1 aromatic carbocycles. The van der Waals surface area contributed by atoms with E-state index in [1.165, 1.54) is 12.1 Å². The van der Waals surface area contributed by atoms with Crippen molar-refractivity contribution < 1.29 is 14.3 Å². The number of carbonyl (C=O) groups is 1. The van der Waals surface area contributed by atoms with Crippen LogP contribution in [-0.4, -0.2) is 49.5 Å². The van der Waals surface area contributed by atoms with Crippen LogP contribution in [0.5, 0.6) is 0 Å². The summed E-state index contributed by atoms with van der Waals surface area (Å²) in [6.45, 7) is 2.23. The molecule has 0 amide bonds. The van der Waals surface area contributed by atoms with Crippen molar-refractivity contribution in [2.45, 2.75) is 25.3 Å². The van der Waals surface area contributed by atoms with Crippen LogP contribution in [0.2, 0.25) is 0 Å². The Morgan fingerprint density at radius 2 is 2.00 bits per heavy atom. The molecule has 0 aliphatic carbocycles. The number of hydrogen-bond donors (Lipinski definition) is 3. The van der Waals surface area contributed by atoms with Crippen LogP contribution >= 0.6 is 0 Å². The van der Waals surface area contributed by atoms with Crippen LogP contribution in [0.1, 0.15) is 40.5 Å². The third-order valence-corrected chi connectivity index (χ3v) is 5.06. The quantitative estimate of drug-likeness (QED) is 0.642. The lowest BCUT2D eigenvalue weighted by Gasteiger charge is -2.32. The Morgan fingerprint density at radius 3 is 2.78 bits per heavy atom. The highest BCUT2D eigenvalue weighted by atomic mass is 19.1. The Morgan fingerprint density at radius 1 is 1.22 bits per heavy atom. The molecular formula is C19H20FN5O2. The van der Waals surface area contributed by atoms with Gasteiger partial charge in [-0.2, -0.15) is 10.2 Å². The highest BCUT2D eigenvalue weighted by molar-refractivity contribution is 5.86. The molecule has 140 valence electrons. The van der Waals surface area contributed by atoms with Crippen LogP contribution in [0.4, 0.5) is 4.39 Å². The van der Waals surface area contributed by atoms with Gasteiger partial charge in [0.05, 0.1) is 12.4 Å². The molecule has 3 heterocycles. The minimum Gasteiger partial charge on any atom is -0.477 e. The molecule has 27 heavy (non-hydrogen) atoms. The lowest BCUT2D eigenvalue weighted by Crippen LogP contribution is -2.34. The predicted octanol–water partition coefficient (Wildman–Crippen LogP) is 3.02. The smallest absolute Gasteiger partial charge is 0.354 e. The fraction of sp³-hybridized carbons (Fsp3) is 0.316. The number of nitrogens with one attached hydrogen (secondary N) is 2. The van der Waals surface area contributed by atoms with Gasteiger partial charge in [-0.3, -0.25) is 15.1 Å². The van der Waals surface area contributed by atoms with Crippen LogP contribution in [0.25, 0.3) is 11.1 Å². The van der Waals surface area contributed by atoms with Gasteiger partial charge in [0, 0.05) is 35.8 Å². The molecule has 0 saturated carbocycles. The van der Waals surface area contributed by atoms with Gasteiger partial charge in [0.25, 0.3) is 0 Å². The maximum Gasteiger partial charge on any atom is 0.354 e. The van der Waals surface area contributed by atoms with Crippen molar-refractivity contribution in [3.05, 3.63) is 59.4 Å². The molecule has 2 aromatic heterocycles. The van der Waals surface area contributed by atoms with Crippen molar-refractivity contribution >= 4 is 5.97 Å². The van der Waals surface area contributed by atoms with Gasteiger partial charge in [0.2, 0.25) is 0 Å². The standard InChI is InChI=1S/C19H20FN5O2/c20-15-5-3-12(4-6-15)16-9-22-23-17(16)13-2-1-7-25(10-13)11-14-8-21-24-18(14)19(26)27/h3-6,8-9,13H,1-2,7,10-11H2,(H,21,24)(H,22,23)(H,26,27)/t13-/m0/s1. The number of benzene rings is 1. The second-order valence-electron chi connectivity index (χ2n) is 6.85. The molecule has 8 heteroatoms. The van der Waals surface area contributed by atoms with Crippen molar-refractivity contribution in [2.24, 2.45) is 0 Å². The summed E-state index contributed by atoms with van der Waals surface area (Å²) in [7, 11) is 0. The summed E-state index contributed by atoms with van der Waals surface area (Å²) in [5.74, 6) is -1.01. The third kappa shape index (κ3) is 3.61. The molecule has 1 saturated heterocycles. The Balaban J connectivity index is 1.52. The Hall–Kier alpha value is -3.00. The van der Waals surface area contributed by atoms with Gasteiger partial charge >= 0.3 is 5.97 Å². The molecule has 0 bridgehead atoms. The molecule has 0 radical (unpaired) electrons. The lowest BCUT2D eigenvalue weighted by molar-refractivity contribution is 0.0687. The highest BCUT2D eigenvalue weighted by Gasteiger charge is 2.26. The molecule has 4 rings (SSSR count). The summed E-state index contributed by atoms with van der Waals surface area (Å²) in [6, 6.07) is 6.42. The van der Waals surface area contributed by atoms with Crippen molar-refractivity contribution in [1.29, 1.82) is 0 Å². The van der Waals surface area contributed by atoms with E-state index in [0.717, 1.165) is 42.8 Å². The summed E-state index contributed by atoms with van der Waals surface area (Å²) in [6.07, 6.45) is 5.38. The van der Waals surface area contributed by atoms with Crippen LogP contribution in [0.15, 0.2) is 36.7 Å². The fourth-order valence-electron chi connectivity index (χ4n) is 3.76. The number of halogens is 1. The van der Waals surface area contributed by atoms with Crippen LogP contribution in [0.3, 0.4) is 0 Å². The first-order valence-corrected chi connectivity index (χ1v) is 8.89. The second-order valence-corrected chi connectivity index (χ2v) is 6.85. The SMILES string of the molecule is O=C(O)c1[nH]ncc1CN1CCC[C@H](c2[nH]ncc2-c2ccc(F)cc2)C1. The maximum atomic E-state index is 13.2. The number of piperidine rings is 1. The van der Waals surface area contributed by atoms with Gasteiger partial charge in [-0.25, -0.2) is 9.18 Å². The van der Waals surface area contributed by atoms with Gasteiger partial charge < -0.3 is 5.11 Å². The molecule has 7 nitrogen and oxygen atoms in total. The number of rotatable bonds is 5. The minimum absolute atomic E-state index is 0.144. The van der Waals surface area contributed by atoms with E-state index in [1.54, 1.807) is 24.5 Å². The van der Waals surface area contributed by atoms with E-state index in [1.807, 2.05) is 0 Å². The van der Waals surface area contributed by atoms with Gasteiger partial charge in [0.15, 0.2) is 0 Å². The van der Waals surface area contributed by atoms with Gasteiger partial charge in [0.1, 0.15) is 11.5 Å². The highest BCUT2D eigenvalue weighted by Crippen LogP contribution is 2.33. The number of aromatic nitrogens is 4. The largest absolute Gasteiger partial charge is 0.477 e. The van der Waals surface area contributed by atoms with Crippen LogP contribution in [0, 0.1) is 5.82 Å². The maximum absolute atomic E-state index is 13.2. The number of carboxylic acid groups (broad SMARTS) is 1. The zero-order valence-corrected chi connectivity index (χ0v) is 14.7. The van der Waals surface area contributed by atoms with Crippen molar-refractivity contribution in [2.75, 3.05) is 13.1 Å². The molecule has 0 spiro atoms. The van der Waals surface area contributed by atoms with Crippen LogP contribution < -0.4 is 0 Å². The van der Waals surface area contributed by atoms with E-state index in [-0.39, 0.29) is 17.4 Å². The van der Waals surface area contributed by atoms with Gasteiger partial charge in [-0.05, 0) is 37.1 Å². The van der Waals surface area contributed by atoms with E-state index in [0.29, 0.717) is 12.1 Å². The second kappa shape index (κ2) is 7.32. The fourth-order valence-corrected chi connectivity index (χ4v) is 3.76. The Bertz CT molecular complexity index is 934. The van der Waals surface area contributed by atoms with E-state index < -0.39 is 5.97 Å². The summed E-state index contributed by atoms with van der Waals surface area (Å²) in [5, 5.41) is 23.0. The molecule has 3 aromatic rings. The minimum atomic E-state index is -0.997. The average molecular weight is 369 g/mol. The molecule has 1 atom stereocenters. The molecule has 1 aliphatic heterocycles. The van der Waals surface area contributed by atoms with Crippen molar-refractivity contribution in [1.82, 2.24) is 25.3 Å². The zero-order valence-electron chi connectivity index (χ0n) is 14.7. The number of hydrogen-bond acceptors (Lipinski definition) is 4. The summed E-state index contributed by atoms with van der Waals surface area (Å²) < 4.78 is 13.2. The predicted molar refractivity (Wildman–Crippen MR) is 96.8 cm³/mol. The molecule has 1 aliphatic rings. The lowest BCUT2D eigenvalue weighted by atomic mass is 9.90. The molecular weight excluding hydrogens is 349 g/mol. The van der Waals surface area contributed by atoms with Crippen molar-refractivity contribution in [3.63, 3.8) is 0 Å². The summed E-state index contributed by atoms with van der Waals surface area (Å²) >= 11 is 0. The Kier molecular flexibility index (Phi) is 4.72. The number of H-pyrrole nitrogens is 2. The third-order valence-electron chi connectivity index (χ3n) is 5.06. The topological polar surface area (TPSA) is 97.9 Å². The van der Waals surface area contributed by atoms with E-state index in [2.05, 4.69) is 25.3 Å². The van der Waals surface area contributed by atoms with E-state index in [9.17, 15) is 14.3 Å². The first-order valence-electron chi connectivity index (χ1n) is 8.89. The number of aromatic amines is 2. The van der Waals surface area contributed by atoms with Crippen LogP contribution in [-0.2, 0) is 6.54 Å². The molecule has 3 N–H and O–H groups in total. The monoisotopic (exact) mass is 369 g/mol. The normalized spacial score (nSPS) is 17.9. The zero-order chi connectivity index (χ0) is 18.8.